The van der Waals surface area contributed by atoms with E-state index in [1.165, 1.54) is 45.7 Å². The molecule has 1 aliphatic heterocycles. The first kappa shape index (κ1) is 16.9. The first-order valence-electron chi connectivity index (χ1n) is 8.06. The number of hydrogen-bond acceptors (Lipinski definition) is 3. The van der Waals surface area contributed by atoms with Crippen LogP contribution < -0.4 is 0 Å². The maximum atomic E-state index is 2.67. The molecule has 0 bridgehead atoms. The molecule has 1 heterocycles. The molecule has 0 saturated carbocycles. The predicted octanol–water partition coefficient (Wildman–Crippen LogP) is 2.38. The van der Waals surface area contributed by atoms with E-state index in [1.54, 1.807) is 0 Å². The molecule has 0 N–H and O–H groups in total. The minimum absolute atomic E-state index is 0.667. The van der Waals surface area contributed by atoms with Crippen molar-refractivity contribution in [2.75, 3.05) is 46.3 Å². The van der Waals surface area contributed by atoms with Crippen LogP contribution in [0, 0.1) is 5.92 Å². The summed E-state index contributed by atoms with van der Waals surface area (Å²) in [5.41, 5.74) is 0. The fourth-order valence-corrected chi connectivity index (χ4v) is 2.87. The molecule has 0 amide bonds. The molecule has 19 heavy (non-hydrogen) atoms. The van der Waals surface area contributed by atoms with Crippen LogP contribution in [-0.4, -0.2) is 73.1 Å². The second kappa shape index (κ2) is 8.23. The lowest BCUT2D eigenvalue weighted by molar-refractivity contribution is 0.0727. The monoisotopic (exact) mass is 269 g/mol. The van der Waals surface area contributed by atoms with Crippen LogP contribution >= 0.6 is 0 Å². The van der Waals surface area contributed by atoms with Gasteiger partial charge in [-0.1, -0.05) is 13.8 Å². The van der Waals surface area contributed by atoms with E-state index in [0.29, 0.717) is 6.04 Å². The third kappa shape index (κ3) is 6.24. The molecule has 1 atom stereocenters. The molecule has 0 aromatic carbocycles. The Kier molecular flexibility index (Phi) is 7.33. The molecule has 1 rings (SSSR count). The minimum atomic E-state index is 0.667. The normalized spacial score (nSPS) is 22.9. The van der Waals surface area contributed by atoms with Gasteiger partial charge < -0.3 is 9.80 Å². The fourth-order valence-electron chi connectivity index (χ4n) is 2.87. The largest absolute Gasteiger partial charge is 0.304 e. The van der Waals surface area contributed by atoms with Crippen molar-refractivity contribution in [2.45, 2.75) is 53.1 Å². The van der Waals surface area contributed by atoms with E-state index in [9.17, 15) is 0 Å². The molecule has 0 radical (unpaired) electrons. The second-order valence-electron chi connectivity index (χ2n) is 6.97. The molecule has 1 fully saturated rings. The van der Waals surface area contributed by atoms with Crippen LogP contribution in [0.15, 0.2) is 0 Å². The van der Waals surface area contributed by atoms with Crippen molar-refractivity contribution in [3.05, 3.63) is 0 Å². The molecular formula is C16H35N3. The molecule has 0 aromatic heterocycles. The number of nitrogens with zero attached hydrogens (tertiary/aromatic N) is 3. The Morgan fingerprint density at radius 1 is 1.16 bits per heavy atom. The van der Waals surface area contributed by atoms with Crippen LogP contribution in [0.3, 0.4) is 0 Å². The summed E-state index contributed by atoms with van der Waals surface area (Å²) in [6.07, 6.45) is 1.29. The summed E-state index contributed by atoms with van der Waals surface area (Å²) in [4.78, 5) is 7.75. The lowest BCUT2D eigenvalue weighted by Crippen LogP contribution is -2.52. The third-order valence-electron chi connectivity index (χ3n) is 4.31. The van der Waals surface area contributed by atoms with Gasteiger partial charge in [0.1, 0.15) is 0 Å². The second-order valence-corrected chi connectivity index (χ2v) is 6.97. The Labute approximate surface area is 120 Å². The molecular weight excluding hydrogens is 234 g/mol. The Hall–Kier alpha value is -0.120. The van der Waals surface area contributed by atoms with Crippen LogP contribution in [0.25, 0.3) is 0 Å². The Morgan fingerprint density at radius 2 is 1.84 bits per heavy atom. The van der Waals surface area contributed by atoms with E-state index < -0.39 is 0 Å². The first-order chi connectivity index (χ1) is 8.90. The summed E-state index contributed by atoms with van der Waals surface area (Å²) >= 11 is 0. The van der Waals surface area contributed by atoms with Gasteiger partial charge >= 0.3 is 0 Å². The average molecular weight is 269 g/mol. The SMILES string of the molecule is CC(C)CN1CCN(CCCN(C)C(C)C)[C@@H](C)C1. The Balaban J connectivity index is 2.22. The fraction of sp³-hybridized carbons (Fsp3) is 1.00. The zero-order chi connectivity index (χ0) is 14.4. The summed E-state index contributed by atoms with van der Waals surface area (Å²) in [5, 5.41) is 0. The smallest absolute Gasteiger partial charge is 0.0195 e. The highest BCUT2D eigenvalue weighted by Crippen LogP contribution is 2.12. The van der Waals surface area contributed by atoms with E-state index in [2.05, 4.69) is 56.4 Å². The Bertz CT molecular complexity index is 240. The van der Waals surface area contributed by atoms with Crippen LogP contribution in [0.5, 0.6) is 0 Å². The minimum Gasteiger partial charge on any atom is -0.304 e. The lowest BCUT2D eigenvalue weighted by Gasteiger charge is -2.40. The topological polar surface area (TPSA) is 9.72 Å². The van der Waals surface area contributed by atoms with Crippen LogP contribution in [-0.2, 0) is 0 Å². The van der Waals surface area contributed by atoms with Gasteiger partial charge in [0.15, 0.2) is 0 Å². The predicted molar refractivity (Wildman–Crippen MR) is 84.7 cm³/mol. The summed E-state index contributed by atoms with van der Waals surface area (Å²) in [6.45, 7) is 19.1. The van der Waals surface area contributed by atoms with Gasteiger partial charge in [0.25, 0.3) is 0 Å². The third-order valence-corrected chi connectivity index (χ3v) is 4.31. The molecule has 0 spiro atoms. The number of piperazine rings is 1. The molecule has 0 unspecified atom stereocenters. The van der Waals surface area contributed by atoms with Crippen molar-refractivity contribution in [3.8, 4) is 0 Å². The van der Waals surface area contributed by atoms with Gasteiger partial charge in [-0.2, -0.15) is 0 Å². The first-order valence-corrected chi connectivity index (χ1v) is 8.06. The van der Waals surface area contributed by atoms with E-state index in [0.717, 1.165) is 12.0 Å². The highest BCUT2D eigenvalue weighted by Gasteiger charge is 2.23. The van der Waals surface area contributed by atoms with E-state index in [4.69, 9.17) is 0 Å². The van der Waals surface area contributed by atoms with Crippen molar-refractivity contribution < 1.29 is 0 Å². The van der Waals surface area contributed by atoms with Crippen LogP contribution in [0.4, 0.5) is 0 Å². The van der Waals surface area contributed by atoms with Crippen molar-refractivity contribution in [1.29, 1.82) is 0 Å². The van der Waals surface area contributed by atoms with Gasteiger partial charge in [-0.25, -0.2) is 0 Å². The summed E-state index contributed by atoms with van der Waals surface area (Å²) in [6, 6.07) is 1.39. The molecule has 1 aliphatic rings. The quantitative estimate of drug-likeness (QED) is 0.702. The van der Waals surface area contributed by atoms with Crippen molar-refractivity contribution in [1.82, 2.24) is 14.7 Å². The van der Waals surface area contributed by atoms with Crippen molar-refractivity contribution in [2.24, 2.45) is 5.92 Å². The van der Waals surface area contributed by atoms with Gasteiger partial charge in [0.05, 0.1) is 0 Å². The summed E-state index contributed by atoms with van der Waals surface area (Å²) < 4.78 is 0. The summed E-state index contributed by atoms with van der Waals surface area (Å²) in [7, 11) is 2.23. The summed E-state index contributed by atoms with van der Waals surface area (Å²) in [5.74, 6) is 0.790. The standard InChI is InChI=1S/C16H35N3/c1-14(2)12-18-10-11-19(16(5)13-18)9-7-8-17(6)15(3)4/h14-16H,7-13H2,1-6H3/t16-/m0/s1. The lowest BCUT2D eigenvalue weighted by atomic mass is 10.1. The number of rotatable bonds is 7. The van der Waals surface area contributed by atoms with Gasteiger partial charge in [0, 0.05) is 38.3 Å². The molecule has 0 aliphatic carbocycles. The maximum Gasteiger partial charge on any atom is 0.0195 e. The van der Waals surface area contributed by atoms with Gasteiger partial charge in [-0.05, 0) is 53.2 Å². The molecule has 1 saturated heterocycles. The zero-order valence-electron chi connectivity index (χ0n) is 14.0. The zero-order valence-corrected chi connectivity index (χ0v) is 14.0. The highest BCUT2D eigenvalue weighted by molar-refractivity contribution is 4.79. The molecule has 3 heteroatoms. The van der Waals surface area contributed by atoms with Gasteiger partial charge in [0.2, 0.25) is 0 Å². The average Bonchev–Trinajstić information content (AvgIpc) is 2.30. The van der Waals surface area contributed by atoms with Crippen LogP contribution in [0.2, 0.25) is 0 Å². The van der Waals surface area contributed by atoms with Crippen molar-refractivity contribution in [3.63, 3.8) is 0 Å². The van der Waals surface area contributed by atoms with Crippen LogP contribution in [0.1, 0.15) is 41.0 Å². The maximum absolute atomic E-state index is 2.67. The van der Waals surface area contributed by atoms with Gasteiger partial charge in [-0.15, -0.1) is 0 Å². The highest BCUT2D eigenvalue weighted by atomic mass is 15.3. The molecule has 3 nitrogen and oxygen atoms in total. The molecule has 0 aromatic rings. The number of hydrogen-bond donors (Lipinski definition) is 0. The van der Waals surface area contributed by atoms with E-state index >= 15 is 0 Å². The molecule has 114 valence electrons. The Morgan fingerprint density at radius 3 is 2.37 bits per heavy atom. The van der Waals surface area contributed by atoms with Gasteiger partial charge in [-0.3, -0.25) is 4.90 Å². The van der Waals surface area contributed by atoms with Crippen molar-refractivity contribution >= 4 is 0 Å². The van der Waals surface area contributed by atoms with E-state index in [-0.39, 0.29) is 0 Å². The van der Waals surface area contributed by atoms with E-state index in [1.807, 2.05) is 0 Å².